The number of hydrogen-bond donors (Lipinski definition) is 2. The van der Waals surface area contributed by atoms with Gasteiger partial charge in [-0.2, -0.15) is 0 Å². The Bertz CT molecular complexity index is 704. The van der Waals surface area contributed by atoms with Crippen molar-refractivity contribution in [2.24, 2.45) is 4.99 Å². The van der Waals surface area contributed by atoms with E-state index in [1.807, 2.05) is 12.1 Å². The second-order valence-corrected chi connectivity index (χ2v) is 8.18. The first-order valence-corrected chi connectivity index (χ1v) is 10.8. The zero-order valence-electron chi connectivity index (χ0n) is 18.5. The van der Waals surface area contributed by atoms with Crippen LogP contribution < -0.4 is 10.6 Å². The number of rotatable bonds is 7. The molecule has 0 aromatic heterocycles. The van der Waals surface area contributed by atoms with Crippen LogP contribution in [-0.2, 0) is 9.53 Å². The summed E-state index contributed by atoms with van der Waals surface area (Å²) in [5, 5.41) is 6.94. The number of nitrogens with one attached hydrogen (secondary N) is 2. The van der Waals surface area contributed by atoms with E-state index >= 15 is 0 Å². The van der Waals surface area contributed by atoms with Crippen LogP contribution in [0.4, 0.5) is 4.39 Å². The summed E-state index contributed by atoms with van der Waals surface area (Å²) in [5.41, 5.74) is 1.05. The van der Waals surface area contributed by atoms with E-state index in [2.05, 4.69) is 20.5 Å². The van der Waals surface area contributed by atoms with E-state index in [-0.39, 0.29) is 48.3 Å². The molecule has 1 unspecified atom stereocenters. The normalized spacial score (nSPS) is 18.9. The molecule has 174 valence electrons. The van der Waals surface area contributed by atoms with E-state index in [1.165, 1.54) is 25.0 Å². The number of amides is 1. The molecule has 1 saturated carbocycles. The SMILES string of the molecule is CN(C)C(=O)CN=C(NCC(c1ccc(F)cc1)N1CCOCC1)NC1CCCC1.I. The van der Waals surface area contributed by atoms with Crippen LogP contribution in [0.5, 0.6) is 0 Å². The smallest absolute Gasteiger partial charge is 0.243 e. The van der Waals surface area contributed by atoms with Crippen LogP contribution in [0.15, 0.2) is 29.3 Å². The molecule has 2 N–H and O–H groups in total. The van der Waals surface area contributed by atoms with E-state index < -0.39 is 0 Å². The third-order valence-corrected chi connectivity index (χ3v) is 5.77. The standard InChI is InChI=1S/C22H34FN5O2.HI/c1-27(2)21(29)16-25-22(26-19-5-3-4-6-19)24-15-20(28-11-13-30-14-12-28)17-7-9-18(23)10-8-17;/h7-10,19-20H,3-6,11-16H2,1-2H3,(H2,24,25,26);1H. The number of morpholine rings is 1. The lowest BCUT2D eigenvalue weighted by Crippen LogP contribution is -2.48. The average Bonchev–Trinajstić information content (AvgIpc) is 3.26. The zero-order valence-corrected chi connectivity index (χ0v) is 20.8. The summed E-state index contributed by atoms with van der Waals surface area (Å²) in [6, 6.07) is 7.14. The number of carbonyl (C=O) groups excluding carboxylic acids is 1. The number of aliphatic imine (C=N–C) groups is 1. The Hall–Kier alpha value is -1.46. The number of nitrogens with zero attached hydrogens (tertiary/aromatic N) is 3. The quantitative estimate of drug-likeness (QED) is 0.312. The molecule has 0 spiro atoms. The largest absolute Gasteiger partial charge is 0.379 e. The fourth-order valence-electron chi connectivity index (χ4n) is 3.93. The highest BCUT2D eigenvalue weighted by Gasteiger charge is 2.24. The first-order chi connectivity index (χ1) is 14.5. The molecule has 0 radical (unpaired) electrons. The van der Waals surface area contributed by atoms with Gasteiger partial charge < -0.3 is 20.3 Å². The highest BCUT2D eigenvalue weighted by atomic mass is 127. The predicted molar refractivity (Wildman–Crippen MR) is 131 cm³/mol. The Morgan fingerprint density at radius 2 is 1.87 bits per heavy atom. The van der Waals surface area contributed by atoms with Gasteiger partial charge in [0, 0.05) is 39.8 Å². The van der Waals surface area contributed by atoms with Crippen LogP contribution in [-0.4, -0.2) is 81.2 Å². The molecular weight excluding hydrogens is 512 g/mol. The van der Waals surface area contributed by atoms with E-state index in [0.717, 1.165) is 31.5 Å². The maximum absolute atomic E-state index is 13.5. The molecule has 2 aliphatic rings. The van der Waals surface area contributed by atoms with Gasteiger partial charge in [-0.15, -0.1) is 24.0 Å². The highest BCUT2D eigenvalue weighted by molar-refractivity contribution is 14.0. The van der Waals surface area contributed by atoms with E-state index in [0.29, 0.717) is 31.8 Å². The molecule has 1 heterocycles. The molecule has 1 aliphatic carbocycles. The van der Waals surface area contributed by atoms with Crippen LogP contribution >= 0.6 is 24.0 Å². The number of benzene rings is 1. The third-order valence-electron chi connectivity index (χ3n) is 5.77. The summed E-state index contributed by atoms with van der Waals surface area (Å²) in [6.07, 6.45) is 4.67. The van der Waals surface area contributed by atoms with E-state index in [1.54, 1.807) is 19.0 Å². The summed E-state index contributed by atoms with van der Waals surface area (Å²) in [6.45, 7) is 3.75. The molecule has 1 aromatic carbocycles. The monoisotopic (exact) mass is 547 g/mol. The number of hydrogen-bond acceptors (Lipinski definition) is 4. The highest BCUT2D eigenvalue weighted by Crippen LogP contribution is 2.22. The lowest BCUT2D eigenvalue weighted by molar-refractivity contribution is -0.127. The van der Waals surface area contributed by atoms with Crippen molar-refractivity contribution in [2.75, 3.05) is 53.5 Å². The Balaban J connectivity index is 0.00000341. The fourth-order valence-corrected chi connectivity index (χ4v) is 3.93. The van der Waals surface area contributed by atoms with Gasteiger partial charge in [-0.3, -0.25) is 9.69 Å². The molecule has 7 nitrogen and oxygen atoms in total. The van der Waals surface area contributed by atoms with E-state index in [9.17, 15) is 9.18 Å². The molecular formula is C22H35FIN5O2. The van der Waals surface area contributed by atoms with Crippen LogP contribution in [0.25, 0.3) is 0 Å². The molecule has 1 saturated heterocycles. The van der Waals surface area contributed by atoms with Gasteiger partial charge in [-0.1, -0.05) is 25.0 Å². The van der Waals surface area contributed by atoms with Crippen molar-refractivity contribution in [3.8, 4) is 0 Å². The number of likely N-dealkylation sites (N-methyl/N-ethyl adjacent to an activating group) is 1. The number of ether oxygens (including phenoxy) is 1. The molecule has 1 aliphatic heterocycles. The van der Waals surface area contributed by atoms with Crippen molar-refractivity contribution in [3.63, 3.8) is 0 Å². The van der Waals surface area contributed by atoms with Crippen molar-refractivity contribution in [3.05, 3.63) is 35.6 Å². The van der Waals surface area contributed by atoms with Crippen LogP contribution in [0.2, 0.25) is 0 Å². The van der Waals surface area contributed by atoms with Crippen LogP contribution in [0.1, 0.15) is 37.3 Å². The third kappa shape index (κ3) is 8.19. The lowest BCUT2D eigenvalue weighted by atomic mass is 10.0. The molecule has 1 atom stereocenters. The van der Waals surface area contributed by atoms with Crippen LogP contribution in [0.3, 0.4) is 0 Å². The van der Waals surface area contributed by atoms with Crippen molar-refractivity contribution < 1.29 is 13.9 Å². The zero-order chi connectivity index (χ0) is 21.3. The number of halogens is 2. The van der Waals surface area contributed by atoms with Gasteiger partial charge in [0.2, 0.25) is 5.91 Å². The Morgan fingerprint density at radius 3 is 2.48 bits per heavy atom. The molecule has 0 bridgehead atoms. The predicted octanol–water partition coefficient (Wildman–Crippen LogP) is 2.38. The molecule has 2 fully saturated rings. The first kappa shape index (κ1) is 25.8. The fraction of sp³-hybridized carbons (Fsp3) is 0.636. The second kappa shape index (κ2) is 13.2. The molecule has 1 amide bonds. The summed E-state index contributed by atoms with van der Waals surface area (Å²) in [4.78, 5) is 20.5. The van der Waals surface area contributed by atoms with E-state index in [4.69, 9.17) is 4.74 Å². The minimum atomic E-state index is -0.236. The first-order valence-electron chi connectivity index (χ1n) is 10.8. The summed E-state index contributed by atoms with van der Waals surface area (Å²) in [5.74, 6) is 0.392. The van der Waals surface area contributed by atoms with Gasteiger partial charge in [-0.25, -0.2) is 9.38 Å². The van der Waals surface area contributed by atoms with Crippen molar-refractivity contribution in [2.45, 2.75) is 37.8 Å². The van der Waals surface area contributed by atoms with Gasteiger partial charge in [0.05, 0.1) is 19.3 Å². The second-order valence-electron chi connectivity index (χ2n) is 8.18. The van der Waals surface area contributed by atoms with Gasteiger partial charge in [0.25, 0.3) is 0 Å². The van der Waals surface area contributed by atoms with Crippen molar-refractivity contribution >= 4 is 35.8 Å². The summed E-state index contributed by atoms with van der Waals surface area (Å²) in [7, 11) is 3.47. The molecule has 9 heteroatoms. The molecule has 1 aromatic rings. The number of guanidine groups is 1. The Labute approximate surface area is 201 Å². The van der Waals surface area contributed by atoms with Gasteiger partial charge in [0.1, 0.15) is 12.4 Å². The minimum absolute atomic E-state index is 0. The van der Waals surface area contributed by atoms with Crippen LogP contribution in [0, 0.1) is 5.82 Å². The Morgan fingerprint density at radius 1 is 1.23 bits per heavy atom. The van der Waals surface area contributed by atoms with Gasteiger partial charge >= 0.3 is 0 Å². The summed E-state index contributed by atoms with van der Waals surface area (Å²) >= 11 is 0. The maximum Gasteiger partial charge on any atom is 0.243 e. The lowest BCUT2D eigenvalue weighted by Gasteiger charge is -2.35. The van der Waals surface area contributed by atoms with Gasteiger partial charge in [-0.05, 0) is 30.5 Å². The Kier molecular flexibility index (Phi) is 11.0. The maximum atomic E-state index is 13.5. The van der Waals surface area contributed by atoms with Crippen molar-refractivity contribution in [1.82, 2.24) is 20.4 Å². The minimum Gasteiger partial charge on any atom is -0.379 e. The average molecular weight is 547 g/mol. The molecule has 31 heavy (non-hydrogen) atoms. The van der Waals surface area contributed by atoms with Gasteiger partial charge in [0.15, 0.2) is 5.96 Å². The summed E-state index contributed by atoms with van der Waals surface area (Å²) < 4.78 is 19.0. The topological polar surface area (TPSA) is 69.2 Å². The molecule has 3 rings (SSSR count). The number of carbonyl (C=O) groups is 1. The van der Waals surface area contributed by atoms with Crippen molar-refractivity contribution in [1.29, 1.82) is 0 Å².